The van der Waals surface area contributed by atoms with E-state index in [1.165, 1.54) is 12.0 Å². The molecule has 0 amide bonds. The second-order valence-corrected chi connectivity index (χ2v) is 3.47. The zero-order valence-electron chi connectivity index (χ0n) is 6.44. The van der Waals surface area contributed by atoms with Gasteiger partial charge in [-0.15, -0.1) is 0 Å². The largest absolute Gasteiger partial charge is 0.0808 e. The van der Waals surface area contributed by atoms with Crippen LogP contribution < -0.4 is 0 Å². The van der Waals surface area contributed by atoms with Crippen LogP contribution in [-0.2, 0) is 0 Å². The minimum atomic E-state index is 0.402. The van der Waals surface area contributed by atoms with E-state index < -0.39 is 0 Å². The summed E-state index contributed by atoms with van der Waals surface area (Å²) in [6.07, 6.45) is 7.96. The summed E-state index contributed by atoms with van der Waals surface area (Å²) in [4.78, 5) is 0. The molecule has 0 aromatic heterocycles. The zero-order chi connectivity index (χ0) is 6.91. The van der Waals surface area contributed by atoms with E-state index in [-0.39, 0.29) is 0 Å². The van der Waals surface area contributed by atoms with E-state index in [9.17, 15) is 0 Å². The van der Waals surface area contributed by atoms with Crippen LogP contribution in [-0.4, -0.2) is 0 Å². The number of hydrogen-bond acceptors (Lipinski definition) is 0. The van der Waals surface area contributed by atoms with Crippen LogP contribution in [0.2, 0.25) is 0 Å². The van der Waals surface area contributed by atoms with Crippen LogP contribution in [0.1, 0.15) is 27.2 Å². The summed E-state index contributed by atoms with van der Waals surface area (Å²) in [6, 6.07) is 0. The van der Waals surface area contributed by atoms with E-state index in [0.717, 1.165) is 0 Å². The van der Waals surface area contributed by atoms with Gasteiger partial charge in [-0.25, -0.2) is 0 Å². The standard InChI is InChI=1S/C9H14/c1-8-4-6-9(2,3)7-5-8/h4-6H,7H2,1-3H3. The van der Waals surface area contributed by atoms with Crippen molar-refractivity contribution < 1.29 is 0 Å². The lowest BCUT2D eigenvalue weighted by molar-refractivity contribution is 0.482. The van der Waals surface area contributed by atoms with Gasteiger partial charge in [0, 0.05) is 0 Å². The van der Waals surface area contributed by atoms with E-state index in [2.05, 4.69) is 39.0 Å². The highest BCUT2D eigenvalue weighted by molar-refractivity contribution is 5.23. The summed E-state index contributed by atoms with van der Waals surface area (Å²) in [5, 5.41) is 0. The van der Waals surface area contributed by atoms with Gasteiger partial charge in [-0.05, 0) is 18.8 Å². The Hall–Kier alpha value is -0.520. The quantitative estimate of drug-likeness (QED) is 0.463. The van der Waals surface area contributed by atoms with E-state index in [0.29, 0.717) is 5.41 Å². The van der Waals surface area contributed by atoms with Gasteiger partial charge in [-0.2, -0.15) is 0 Å². The van der Waals surface area contributed by atoms with Crippen LogP contribution >= 0.6 is 0 Å². The minimum Gasteiger partial charge on any atom is -0.0808 e. The molecule has 50 valence electrons. The Morgan fingerprint density at radius 3 is 2.44 bits per heavy atom. The lowest BCUT2D eigenvalue weighted by Gasteiger charge is -2.21. The summed E-state index contributed by atoms with van der Waals surface area (Å²) >= 11 is 0. The molecular weight excluding hydrogens is 108 g/mol. The van der Waals surface area contributed by atoms with Crippen molar-refractivity contribution in [1.29, 1.82) is 0 Å². The molecule has 1 aliphatic carbocycles. The van der Waals surface area contributed by atoms with Gasteiger partial charge in [0.2, 0.25) is 0 Å². The lowest BCUT2D eigenvalue weighted by atomic mass is 9.84. The molecule has 0 radical (unpaired) electrons. The number of allylic oxidation sites excluding steroid dienone is 4. The van der Waals surface area contributed by atoms with Crippen molar-refractivity contribution in [2.45, 2.75) is 27.2 Å². The van der Waals surface area contributed by atoms with Gasteiger partial charge < -0.3 is 0 Å². The van der Waals surface area contributed by atoms with Gasteiger partial charge >= 0.3 is 0 Å². The highest BCUT2D eigenvalue weighted by Gasteiger charge is 2.13. The molecule has 1 rings (SSSR count). The van der Waals surface area contributed by atoms with Crippen LogP contribution in [0.15, 0.2) is 23.8 Å². The van der Waals surface area contributed by atoms with Crippen molar-refractivity contribution in [1.82, 2.24) is 0 Å². The summed E-state index contributed by atoms with van der Waals surface area (Å²) in [5.74, 6) is 0. The minimum absolute atomic E-state index is 0.402. The molecule has 0 aromatic rings. The monoisotopic (exact) mass is 122 g/mol. The van der Waals surface area contributed by atoms with Gasteiger partial charge in [0.15, 0.2) is 0 Å². The molecule has 0 aromatic carbocycles. The molecule has 0 heteroatoms. The highest BCUT2D eigenvalue weighted by Crippen LogP contribution is 2.27. The average Bonchev–Trinajstić information content (AvgIpc) is 1.78. The SMILES string of the molecule is CC1=CCC(C)(C)C=C1. The van der Waals surface area contributed by atoms with Crippen LogP contribution in [0.4, 0.5) is 0 Å². The molecule has 0 unspecified atom stereocenters. The molecule has 0 nitrogen and oxygen atoms in total. The van der Waals surface area contributed by atoms with Crippen molar-refractivity contribution in [2.75, 3.05) is 0 Å². The molecule has 0 aliphatic heterocycles. The Kier molecular flexibility index (Phi) is 1.48. The second kappa shape index (κ2) is 2.02. The predicted octanol–water partition coefficient (Wildman–Crippen LogP) is 2.92. The maximum atomic E-state index is 2.29. The molecule has 0 spiro atoms. The Bertz CT molecular complexity index is 159. The van der Waals surface area contributed by atoms with Crippen molar-refractivity contribution in [2.24, 2.45) is 5.41 Å². The van der Waals surface area contributed by atoms with E-state index >= 15 is 0 Å². The third-order valence-electron chi connectivity index (χ3n) is 1.75. The molecule has 0 atom stereocenters. The third-order valence-corrected chi connectivity index (χ3v) is 1.75. The molecule has 1 aliphatic rings. The van der Waals surface area contributed by atoms with Crippen molar-refractivity contribution in [3.63, 3.8) is 0 Å². The molecule has 0 N–H and O–H groups in total. The fourth-order valence-corrected chi connectivity index (χ4v) is 0.917. The molecule has 0 saturated carbocycles. The van der Waals surface area contributed by atoms with Crippen LogP contribution in [0.25, 0.3) is 0 Å². The Balaban J connectivity index is 2.70. The summed E-state index contributed by atoms with van der Waals surface area (Å²) < 4.78 is 0. The molecular formula is C9H14. The number of rotatable bonds is 0. The Morgan fingerprint density at radius 1 is 1.44 bits per heavy atom. The summed E-state index contributed by atoms with van der Waals surface area (Å²) in [7, 11) is 0. The second-order valence-electron chi connectivity index (χ2n) is 3.47. The first-order valence-electron chi connectivity index (χ1n) is 3.46. The van der Waals surface area contributed by atoms with Crippen molar-refractivity contribution in [3.05, 3.63) is 23.8 Å². The van der Waals surface area contributed by atoms with E-state index in [1.54, 1.807) is 0 Å². The van der Waals surface area contributed by atoms with Crippen molar-refractivity contribution in [3.8, 4) is 0 Å². The smallest absolute Gasteiger partial charge is 0.0137 e. The zero-order valence-corrected chi connectivity index (χ0v) is 6.44. The van der Waals surface area contributed by atoms with Gasteiger partial charge in [-0.1, -0.05) is 37.6 Å². The predicted molar refractivity (Wildman–Crippen MR) is 41.3 cm³/mol. The Labute approximate surface area is 57.3 Å². The van der Waals surface area contributed by atoms with Crippen molar-refractivity contribution >= 4 is 0 Å². The maximum absolute atomic E-state index is 2.29. The Morgan fingerprint density at radius 2 is 2.11 bits per heavy atom. The van der Waals surface area contributed by atoms with Gasteiger partial charge in [0.05, 0.1) is 0 Å². The lowest BCUT2D eigenvalue weighted by Crippen LogP contribution is -2.07. The van der Waals surface area contributed by atoms with E-state index in [1.807, 2.05) is 0 Å². The molecule has 0 heterocycles. The highest BCUT2D eigenvalue weighted by atomic mass is 14.2. The molecule has 0 saturated heterocycles. The first-order chi connectivity index (χ1) is 4.10. The fourth-order valence-electron chi connectivity index (χ4n) is 0.917. The van der Waals surface area contributed by atoms with Gasteiger partial charge in [-0.3, -0.25) is 0 Å². The normalized spacial score (nSPS) is 23.7. The van der Waals surface area contributed by atoms with E-state index in [4.69, 9.17) is 0 Å². The first kappa shape index (κ1) is 6.60. The topological polar surface area (TPSA) is 0 Å². The molecule has 9 heavy (non-hydrogen) atoms. The van der Waals surface area contributed by atoms with Gasteiger partial charge in [0.1, 0.15) is 0 Å². The average molecular weight is 122 g/mol. The number of hydrogen-bond donors (Lipinski definition) is 0. The van der Waals surface area contributed by atoms with Crippen LogP contribution in [0.5, 0.6) is 0 Å². The fraction of sp³-hybridized carbons (Fsp3) is 0.556. The van der Waals surface area contributed by atoms with Crippen LogP contribution in [0.3, 0.4) is 0 Å². The molecule has 0 bridgehead atoms. The maximum Gasteiger partial charge on any atom is -0.0137 e. The molecule has 0 fully saturated rings. The summed E-state index contributed by atoms with van der Waals surface area (Å²) in [5.41, 5.74) is 1.80. The summed E-state index contributed by atoms with van der Waals surface area (Å²) in [6.45, 7) is 6.66. The first-order valence-corrected chi connectivity index (χ1v) is 3.46. The third kappa shape index (κ3) is 1.70. The van der Waals surface area contributed by atoms with Gasteiger partial charge in [0.25, 0.3) is 0 Å². The van der Waals surface area contributed by atoms with Crippen LogP contribution in [0, 0.1) is 5.41 Å².